The highest BCUT2D eigenvalue weighted by molar-refractivity contribution is 9.11. The van der Waals surface area contributed by atoms with Gasteiger partial charge in [-0.15, -0.1) is 0 Å². The second kappa shape index (κ2) is 10.6. The molecule has 0 aromatic heterocycles. The van der Waals surface area contributed by atoms with Gasteiger partial charge in [0.2, 0.25) is 0 Å². The van der Waals surface area contributed by atoms with Crippen LogP contribution in [0.15, 0.2) is 75.2 Å². The van der Waals surface area contributed by atoms with E-state index in [1.54, 1.807) is 30.3 Å². The molecule has 0 unspecified atom stereocenters. The van der Waals surface area contributed by atoms with Gasteiger partial charge in [0.05, 0.1) is 4.47 Å². The molecule has 0 saturated heterocycles. The molecule has 0 aliphatic carbocycles. The summed E-state index contributed by atoms with van der Waals surface area (Å²) in [6.45, 7) is 2.37. The minimum atomic E-state index is -0.523. The van der Waals surface area contributed by atoms with Crippen LogP contribution in [-0.4, -0.2) is 5.91 Å². The fourth-order valence-electron chi connectivity index (χ4n) is 2.72. The first-order chi connectivity index (χ1) is 14.9. The number of carbonyl (C=O) groups is 1. The molecule has 0 aliphatic heterocycles. The Bertz CT molecular complexity index is 1170. The van der Waals surface area contributed by atoms with E-state index in [-0.39, 0.29) is 5.57 Å². The van der Waals surface area contributed by atoms with Crippen molar-refractivity contribution in [3.8, 4) is 11.8 Å². The number of aryl methyl sites for hydroxylation is 1. The Morgan fingerprint density at radius 1 is 1.13 bits per heavy atom. The Morgan fingerprint density at radius 2 is 1.81 bits per heavy atom. The van der Waals surface area contributed by atoms with Crippen LogP contribution in [0, 0.1) is 18.3 Å². The van der Waals surface area contributed by atoms with Crippen molar-refractivity contribution in [1.82, 2.24) is 0 Å². The molecule has 1 N–H and O–H groups in total. The predicted octanol–water partition coefficient (Wildman–Crippen LogP) is 7.30. The largest absolute Gasteiger partial charge is 0.487 e. The van der Waals surface area contributed by atoms with Gasteiger partial charge in [-0.25, -0.2) is 0 Å². The molecular weight excluding hydrogens is 544 g/mol. The number of nitriles is 1. The first-order valence-electron chi connectivity index (χ1n) is 9.22. The lowest BCUT2D eigenvalue weighted by atomic mass is 10.1. The van der Waals surface area contributed by atoms with E-state index in [2.05, 4.69) is 37.2 Å². The molecule has 3 rings (SSSR count). The lowest BCUT2D eigenvalue weighted by Gasteiger charge is -2.13. The third kappa shape index (κ3) is 6.44. The molecule has 0 aliphatic rings. The Labute approximate surface area is 202 Å². The maximum absolute atomic E-state index is 12.6. The molecule has 0 atom stereocenters. The smallest absolute Gasteiger partial charge is 0.266 e. The van der Waals surface area contributed by atoms with Gasteiger partial charge in [0, 0.05) is 20.7 Å². The summed E-state index contributed by atoms with van der Waals surface area (Å²) in [5, 5.41) is 12.8. The summed E-state index contributed by atoms with van der Waals surface area (Å²) in [6.07, 6.45) is 1.51. The number of ether oxygens (including phenoxy) is 1. The van der Waals surface area contributed by atoms with Crippen molar-refractivity contribution in [1.29, 1.82) is 5.26 Å². The van der Waals surface area contributed by atoms with E-state index >= 15 is 0 Å². The number of rotatable bonds is 6. The SMILES string of the molecule is Cc1ccc(COc2c(Br)cc(Br)cc2/C=C(\C#N)C(=O)Nc2ccc(Cl)cc2)cc1. The number of nitrogens with zero attached hydrogens (tertiary/aromatic N) is 1. The van der Waals surface area contributed by atoms with Gasteiger partial charge in [-0.05, 0) is 70.9 Å². The summed E-state index contributed by atoms with van der Waals surface area (Å²) < 4.78 is 7.52. The first-order valence-corrected chi connectivity index (χ1v) is 11.2. The molecule has 0 radical (unpaired) electrons. The molecule has 31 heavy (non-hydrogen) atoms. The normalized spacial score (nSPS) is 11.0. The second-order valence-electron chi connectivity index (χ2n) is 6.71. The molecule has 0 bridgehead atoms. The standard InChI is InChI=1S/C24H17Br2ClN2O2/c1-15-2-4-16(5-3-15)14-31-23-17(11-19(25)12-22(23)26)10-18(13-28)24(30)29-21-8-6-20(27)7-9-21/h2-12H,14H2,1H3,(H,29,30)/b18-10+. The summed E-state index contributed by atoms with van der Waals surface area (Å²) in [7, 11) is 0. The maximum Gasteiger partial charge on any atom is 0.266 e. The molecule has 0 spiro atoms. The molecule has 1 amide bonds. The number of carbonyl (C=O) groups excluding carboxylic acids is 1. The second-order valence-corrected chi connectivity index (χ2v) is 8.92. The van der Waals surface area contributed by atoms with Gasteiger partial charge >= 0.3 is 0 Å². The van der Waals surface area contributed by atoms with Crippen LogP contribution in [0.5, 0.6) is 5.75 Å². The molecule has 3 aromatic rings. The number of anilines is 1. The number of benzene rings is 3. The van der Waals surface area contributed by atoms with Gasteiger partial charge in [0.1, 0.15) is 24.0 Å². The van der Waals surface area contributed by atoms with Gasteiger partial charge in [-0.2, -0.15) is 5.26 Å². The quantitative estimate of drug-likeness (QED) is 0.254. The highest BCUT2D eigenvalue weighted by Gasteiger charge is 2.14. The van der Waals surface area contributed by atoms with Crippen molar-refractivity contribution in [2.75, 3.05) is 5.32 Å². The summed E-state index contributed by atoms with van der Waals surface area (Å²) in [6, 6.07) is 20.3. The molecule has 4 nitrogen and oxygen atoms in total. The third-order valence-electron chi connectivity index (χ3n) is 4.31. The van der Waals surface area contributed by atoms with Gasteiger partial charge < -0.3 is 10.1 Å². The molecule has 0 saturated carbocycles. The zero-order valence-electron chi connectivity index (χ0n) is 16.5. The molecule has 7 heteroatoms. The first kappa shape index (κ1) is 23.1. The Morgan fingerprint density at radius 3 is 2.45 bits per heavy atom. The van der Waals surface area contributed by atoms with Gasteiger partial charge in [-0.3, -0.25) is 4.79 Å². The summed E-state index contributed by atoms with van der Waals surface area (Å²) in [5.74, 6) is 0.0150. The lowest BCUT2D eigenvalue weighted by molar-refractivity contribution is -0.112. The summed E-state index contributed by atoms with van der Waals surface area (Å²) in [5.41, 5.74) is 3.26. The van der Waals surface area contributed by atoms with Crippen molar-refractivity contribution in [2.45, 2.75) is 13.5 Å². The Balaban J connectivity index is 1.87. The minimum absolute atomic E-state index is 0.0554. The Hall–Kier alpha value is -2.59. The van der Waals surface area contributed by atoms with Crippen LogP contribution in [0.2, 0.25) is 5.02 Å². The lowest BCUT2D eigenvalue weighted by Crippen LogP contribution is -2.13. The molecule has 0 heterocycles. The molecule has 156 valence electrons. The number of hydrogen-bond acceptors (Lipinski definition) is 3. The van der Waals surface area contributed by atoms with E-state index in [9.17, 15) is 10.1 Å². The zero-order chi connectivity index (χ0) is 22.4. The van der Waals surface area contributed by atoms with Crippen LogP contribution < -0.4 is 10.1 Å². The van der Waals surface area contributed by atoms with E-state index in [4.69, 9.17) is 16.3 Å². The van der Waals surface area contributed by atoms with E-state index in [0.717, 1.165) is 10.0 Å². The van der Waals surface area contributed by atoms with E-state index in [1.807, 2.05) is 43.3 Å². The average molecular weight is 561 g/mol. The third-order valence-corrected chi connectivity index (χ3v) is 5.61. The molecular formula is C24H17Br2ClN2O2. The zero-order valence-corrected chi connectivity index (χ0v) is 20.4. The van der Waals surface area contributed by atoms with Crippen LogP contribution in [-0.2, 0) is 11.4 Å². The van der Waals surface area contributed by atoms with Crippen LogP contribution in [0.4, 0.5) is 5.69 Å². The van der Waals surface area contributed by atoms with E-state index in [1.165, 1.54) is 11.6 Å². The number of hydrogen-bond donors (Lipinski definition) is 1. The fourth-order valence-corrected chi connectivity index (χ4v) is 4.21. The van der Waals surface area contributed by atoms with Gasteiger partial charge in [0.15, 0.2) is 0 Å². The van der Waals surface area contributed by atoms with Crippen molar-refractivity contribution >= 4 is 61.1 Å². The van der Waals surface area contributed by atoms with Gasteiger partial charge in [0.25, 0.3) is 5.91 Å². The minimum Gasteiger partial charge on any atom is -0.487 e. The van der Waals surface area contributed by atoms with Crippen LogP contribution in [0.25, 0.3) is 6.08 Å². The number of nitrogens with one attached hydrogen (secondary N) is 1. The van der Waals surface area contributed by atoms with Crippen LogP contribution in [0.1, 0.15) is 16.7 Å². The number of halogens is 3. The monoisotopic (exact) mass is 558 g/mol. The summed E-state index contributed by atoms with van der Waals surface area (Å²) in [4.78, 5) is 12.6. The van der Waals surface area contributed by atoms with E-state index in [0.29, 0.717) is 33.1 Å². The number of amides is 1. The fraction of sp³-hybridized carbons (Fsp3) is 0.0833. The molecule has 0 fully saturated rings. The average Bonchev–Trinajstić information content (AvgIpc) is 2.74. The van der Waals surface area contributed by atoms with Gasteiger partial charge in [-0.1, -0.05) is 57.4 Å². The maximum atomic E-state index is 12.6. The van der Waals surface area contributed by atoms with Crippen molar-refractivity contribution in [2.24, 2.45) is 0 Å². The highest BCUT2D eigenvalue weighted by Crippen LogP contribution is 2.35. The van der Waals surface area contributed by atoms with Crippen molar-refractivity contribution < 1.29 is 9.53 Å². The molecule has 3 aromatic carbocycles. The van der Waals surface area contributed by atoms with Crippen LogP contribution in [0.3, 0.4) is 0 Å². The van der Waals surface area contributed by atoms with Crippen molar-refractivity contribution in [3.63, 3.8) is 0 Å². The summed E-state index contributed by atoms with van der Waals surface area (Å²) >= 11 is 12.8. The van der Waals surface area contributed by atoms with Crippen LogP contribution >= 0.6 is 43.5 Å². The predicted molar refractivity (Wildman–Crippen MR) is 131 cm³/mol. The Kier molecular flexibility index (Phi) is 7.91. The highest BCUT2D eigenvalue weighted by atomic mass is 79.9. The van der Waals surface area contributed by atoms with Crippen molar-refractivity contribution in [3.05, 3.63) is 96.9 Å². The topological polar surface area (TPSA) is 62.1 Å². The van der Waals surface area contributed by atoms with E-state index < -0.39 is 5.91 Å².